The van der Waals surface area contributed by atoms with Crippen LogP contribution in [-0.2, 0) is 9.59 Å². The van der Waals surface area contributed by atoms with Crippen LogP contribution in [0.4, 0.5) is 11.5 Å². The zero-order valence-corrected chi connectivity index (χ0v) is 16.9. The number of ether oxygens (including phenoxy) is 1. The minimum absolute atomic E-state index is 0.145. The summed E-state index contributed by atoms with van der Waals surface area (Å²) in [5.74, 6) is 0.859. The number of nitrogens with zero attached hydrogens (tertiary/aromatic N) is 2. The number of carbonyl (C=O) groups excluding carboxylic acids is 2. The first-order chi connectivity index (χ1) is 14.0. The quantitative estimate of drug-likeness (QED) is 0.750. The summed E-state index contributed by atoms with van der Waals surface area (Å²) in [5, 5.41) is 2.87. The van der Waals surface area contributed by atoms with Crippen molar-refractivity contribution in [2.75, 3.05) is 23.3 Å². The van der Waals surface area contributed by atoms with E-state index in [-0.39, 0.29) is 17.7 Å². The van der Waals surface area contributed by atoms with E-state index in [1.165, 1.54) is 0 Å². The zero-order chi connectivity index (χ0) is 20.8. The Bertz CT molecular complexity index is 853. The molecule has 7 heteroatoms. The maximum Gasteiger partial charge on any atom is 0.265 e. The van der Waals surface area contributed by atoms with Gasteiger partial charge in [-0.15, -0.1) is 0 Å². The van der Waals surface area contributed by atoms with Crippen LogP contribution in [-0.4, -0.2) is 36.0 Å². The molecule has 1 aliphatic rings. The van der Waals surface area contributed by atoms with E-state index in [0.29, 0.717) is 24.4 Å². The van der Waals surface area contributed by atoms with Gasteiger partial charge in [-0.25, -0.2) is 4.98 Å². The molecule has 0 bridgehead atoms. The summed E-state index contributed by atoms with van der Waals surface area (Å²) in [6.45, 7) is 5.28. The molecule has 0 unspecified atom stereocenters. The Morgan fingerprint density at radius 3 is 2.76 bits per heavy atom. The van der Waals surface area contributed by atoms with E-state index in [1.807, 2.05) is 50.2 Å². The van der Waals surface area contributed by atoms with E-state index in [0.717, 1.165) is 30.8 Å². The highest BCUT2D eigenvalue weighted by Gasteiger charge is 2.25. The molecule has 1 aromatic heterocycles. The summed E-state index contributed by atoms with van der Waals surface area (Å²) in [7, 11) is 0. The molecule has 2 heterocycles. The van der Waals surface area contributed by atoms with Crippen molar-refractivity contribution in [3.8, 4) is 5.75 Å². The van der Waals surface area contributed by atoms with E-state index >= 15 is 0 Å². The first-order valence-corrected chi connectivity index (χ1v) is 10.0. The number of carbonyl (C=O) groups is 2. The van der Waals surface area contributed by atoms with Gasteiger partial charge >= 0.3 is 0 Å². The fourth-order valence-corrected chi connectivity index (χ4v) is 3.45. The molecule has 3 N–H and O–H groups in total. The normalized spacial score (nSPS) is 17.4. The number of benzene rings is 1. The zero-order valence-electron chi connectivity index (χ0n) is 16.9. The lowest BCUT2D eigenvalue weighted by Crippen LogP contribution is -2.41. The lowest BCUT2D eigenvalue weighted by Gasteiger charge is -2.32. The number of nitrogens with two attached hydrogens (primary N) is 1. The van der Waals surface area contributed by atoms with Gasteiger partial charge in [-0.1, -0.05) is 25.1 Å². The summed E-state index contributed by atoms with van der Waals surface area (Å²) < 4.78 is 5.90. The molecule has 154 valence electrons. The van der Waals surface area contributed by atoms with E-state index < -0.39 is 6.10 Å². The topological polar surface area (TPSA) is 97.5 Å². The molecule has 0 radical (unpaired) electrons. The number of pyridine rings is 1. The second-order valence-electron chi connectivity index (χ2n) is 7.36. The molecule has 7 nitrogen and oxygen atoms in total. The predicted molar refractivity (Wildman–Crippen MR) is 113 cm³/mol. The lowest BCUT2D eigenvalue weighted by atomic mass is 9.97. The average Bonchev–Trinajstić information content (AvgIpc) is 2.73. The smallest absolute Gasteiger partial charge is 0.265 e. The minimum atomic E-state index is -0.589. The van der Waals surface area contributed by atoms with Crippen molar-refractivity contribution in [1.82, 2.24) is 4.98 Å². The molecule has 1 aliphatic heterocycles. The largest absolute Gasteiger partial charge is 0.480 e. The number of aryl methyl sites for hydroxylation is 1. The Labute approximate surface area is 171 Å². The summed E-state index contributed by atoms with van der Waals surface area (Å²) in [4.78, 5) is 30.6. The standard InChI is InChI=1S/C22H28N4O3/c1-3-18(29-19-9-5-4-7-15(19)2)22(28)25-17-10-11-20(24-13-17)26-12-6-8-16(14-26)21(23)27/h4-5,7,9-11,13,16,18H,3,6,8,12,14H2,1-2H3,(H2,23,27)(H,25,28)/t16-,18+/m0/s1. The Morgan fingerprint density at radius 2 is 2.10 bits per heavy atom. The molecule has 1 aromatic carbocycles. The Hall–Kier alpha value is -3.09. The van der Waals surface area contributed by atoms with Gasteiger partial charge in [-0.05, 0) is 49.9 Å². The third kappa shape index (κ3) is 5.25. The summed E-state index contributed by atoms with van der Waals surface area (Å²) in [5.41, 5.74) is 7.04. The van der Waals surface area contributed by atoms with Crippen molar-refractivity contribution in [1.29, 1.82) is 0 Å². The predicted octanol–water partition coefficient (Wildman–Crippen LogP) is 2.89. The molecular formula is C22H28N4O3. The van der Waals surface area contributed by atoms with Crippen molar-refractivity contribution >= 4 is 23.3 Å². The van der Waals surface area contributed by atoms with Crippen LogP contribution >= 0.6 is 0 Å². The highest BCUT2D eigenvalue weighted by Crippen LogP contribution is 2.23. The Balaban J connectivity index is 1.61. The van der Waals surface area contributed by atoms with Gasteiger partial charge in [0.15, 0.2) is 6.10 Å². The second-order valence-corrected chi connectivity index (χ2v) is 7.36. The van der Waals surface area contributed by atoms with E-state index in [1.54, 1.807) is 6.20 Å². The molecule has 2 amide bonds. The molecular weight excluding hydrogens is 368 g/mol. The number of amides is 2. The lowest BCUT2D eigenvalue weighted by molar-refractivity contribution is -0.123. The monoisotopic (exact) mass is 396 g/mol. The third-order valence-corrected chi connectivity index (χ3v) is 5.19. The van der Waals surface area contributed by atoms with Gasteiger partial charge in [0.2, 0.25) is 5.91 Å². The van der Waals surface area contributed by atoms with Gasteiger partial charge in [-0.3, -0.25) is 9.59 Å². The maximum absolute atomic E-state index is 12.6. The van der Waals surface area contributed by atoms with Crippen molar-refractivity contribution in [3.63, 3.8) is 0 Å². The fourth-order valence-electron chi connectivity index (χ4n) is 3.45. The van der Waals surface area contributed by atoms with Gasteiger partial charge in [0.1, 0.15) is 11.6 Å². The number of aromatic nitrogens is 1. The number of rotatable bonds is 7. The van der Waals surface area contributed by atoms with Crippen LogP contribution in [0.25, 0.3) is 0 Å². The maximum atomic E-state index is 12.6. The van der Waals surface area contributed by atoms with Crippen molar-refractivity contribution in [3.05, 3.63) is 48.2 Å². The van der Waals surface area contributed by atoms with Crippen LogP contribution in [0.2, 0.25) is 0 Å². The number of nitrogens with one attached hydrogen (secondary N) is 1. The van der Waals surface area contributed by atoms with Crippen LogP contribution in [0.5, 0.6) is 5.75 Å². The summed E-state index contributed by atoms with van der Waals surface area (Å²) in [6.07, 6.45) is 3.31. The molecule has 0 spiro atoms. The van der Waals surface area contributed by atoms with Crippen LogP contribution in [0.1, 0.15) is 31.7 Å². The van der Waals surface area contributed by atoms with Gasteiger partial charge in [0.25, 0.3) is 5.91 Å². The molecule has 3 rings (SSSR count). The van der Waals surface area contributed by atoms with Crippen LogP contribution < -0.4 is 20.7 Å². The Kier molecular flexibility index (Phi) is 6.69. The van der Waals surface area contributed by atoms with Crippen molar-refractivity contribution in [2.24, 2.45) is 11.7 Å². The van der Waals surface area contributed by atoms with Crippen molar-refractivity contribution < 1.29 is 14.3 Å². The molecule has 2 aromatic rings. The SMILES string of the molecule is CC[C@@H](Oc1ccccc1C)C(=O)Nc1ccc(N2CCC[C@H](C(N)=O)C2)nc1. The Morgan fingerprint density at radius 1 is 1.31 bits per heavy atom. The van der Waals surface area contributed by atoms with Gasteiger partial charge < -0.3 is 20.7 Å². The highest BCUT2D eigenvalue weighted by atomic mass is 16.5. The molecule has 1 fully saturated rings. The van der Waals surface area contributed by atoms with E-state index in [9.17, 15) is 9.59 Å². The number of hydrogen-bond donors (Lipinski definition) is 2. The van der Waals surface area contributed by atoms with Crippen molar-refractivity contribution in [2.45, 2.75) is 39.2 Å². The van der Waals surface area contributed by atoms with Gasteiger partial charge in [0, 0.05) is 13.1 Å². The average molecular weight is 396 g/mol. The molecule has 0 saturated carbocycles. The number of piperidine rings is 1. The molecule has 2 atom stereocenters. The fraction of sp³-hybridized carbons (Fsp3) is 0.409. The van der Waals surface area contributed by atoms with E-state index in [4.69, 9.17) is 10.5 Å². The molecule has 0 aliphatic carbocycles. The molecule has 29 heavy (non-hydrogen) atoms. The number of anilines is 2. The number of primary amides is 1. The number of hydrogen-bond acceptors (Lipinski definition) is 5. The van der Waals surface area contributed by atoms with Crippen LogP contribution in [0.15, 0.2) is 42.6 Å². The minimum Gasteiger partial charge on any atom is -0.480 e. The molecule has 1 saturated heterocycles. The van der Waals surface area contributed by atoms with E-state index in [2.05, 4.69) is 15.2 Å². The third-order valence-electron chi connectivity index (χ3n) is 5.19. The first-order valence-electron chi connectivity index (χ1n) is 10.0. The van der Waals surface area contributed by atoms with Gasteiger partial charge in [-0.2, -0.15) is 0 Å². The van der Waals surface area contributed by atoms with Crippen LogP contribution in [0, 0.1) is 12.8 Å². The number of para-hydroxylation sites is 1. The van der Waals surface area contributed by atoms with Crippen LogP contribution in [0.3, 0.4) is 0 Å². The first kappa shape index (κ1) is 20.6. The summed E-state index contributed by atoms with van der Waals surface area (Å²) in [6, 6.07) is 11.3. The summed E-state index contributed by atoms with van der Waals surface area (Å²) >= 11 is 0. The second kappa shape index (κ2) is 9.41. The highest BCUT2D eigenvalue weighted by molar-refractivity contribution is 5.94. The van der Waals surface area contributed by atoms with Gasteiger partial charge in [0.05, 0.1) is 17.8 Å².